The molecule has 0 bridgehead atoms. The van der Waals surface area contributed by atoms with E-state index in [1.165, 1.54) is 5.56 Å². The Hall–Kier alpha value is -0.340. The van der Waals surface area contributed by atoms with Crippen LogP contribution < -0.4 is 0 Å². The molecule has 0 fully saturated rings. The highest BCUT2D eigenvalue weighted by Gasteiger charge is 2.06. The number of hydrogen-bond acceptors (Lipinski definition) is 1. The molecule has 0 unspecified atom stereocenters. The molecule has 0 aliphatic rings. The standard InChI is InChI=1S/C11H15BrO/c1-8(2)13-9(3)10-4-6-11(12)7-5-10/h4-9H,1-3H3/t9-/m1/s1. The van der Waals surface area contributed by atoms with Crippen LogP contribution in [0, 0.1) is 0 Å². The molecule has 72 valence electrons. The van der Waals surface area contributed by atoms with Gasteiger partial charge in [0.15, 0.2) is 0 Å². The lowest BCUT2D eigenvalue weighted by atomic mass is 10.1. The minimum absolute atomic E-state index is 0.174. The normalized spacial score (nSPS) is 13.3. The average molecular weight is 243 g/mol. The van der Waals surface area contributed by atoms with Crippen LogP contribution in [0.5, 0.6) is 0 Å². The summed E-state index contributed by atoms with van der Waals surface area (Å²) < 4.78 is 6.77. The quantitative estimate of drug-likeness (QED) is 0.781. The van der Waals surface area contributed by atoms with Crippen molar-refractivity contribution < 1.29 is 4.74 Å². The Bertz CT molecular complexity index is 253. The summed E-state index contributed by atoms with van der Waals surface area (Å²) in [6.45, 7) is 6.17. The zero-order chi connectivity index (χ0) is 9.84. The molecular weight excluding hydrogens is 228 g/mol. The molecule has 13 heavy (non-hydrogen) atoms. The summed E-state index contributed by atoms with van der Waals surface area (Å²) in [6.07, 6.45) is 0.451. The van der Waals surface area contributed by atoms with Gasteiger partial charge < -0.3 is 4.74 Å². The van der Waals surface area contributed by atoms with E-state index in [4.69, 9.17) is 4.74 Å². The van der Waals surface area contributed by atoms with Gasteiger partial charge in [-0.1, -0.05) is 28.1 Å². The largest absolute Gasteiger partial charge is 0.371 e. The zero-order valence-corrected chi connectivity index (χ0v) is 9.84. The van der Waals surface area contributed by atoms with Gasteiger partial charge in [-0.05, 0) is 38.5 Å². The van der Waals surface area contributed by atoms with Crippen molar-refractivity contribution in [1.29, 1.82) is 0 Å². The molecule has 1 nitrogen and oxygen atoms in total. The Morgan fingerprint density at radius 1 is 1.08 bits per heavy atom. The van der Waals surface area contributed by atoms with Crippen LogP contribution >= 0.6 is 15.9 Å². The number of halogens is 1. The molecule has 1 aromatic carbocycles. The highest BCUT2D eigenvalue weighted by Crippen LogP contribution is 2.20. The van der Waals surface area contributed by atoms with Crippen molar-refractivity contribution in [2.75, 3.05) is 0 Å². The van der Waals surface area contributed by atoms with E-state index >= 15 is 0 Å². The van der Waals surface area contributed by atoms with Gasteiger partial charge in [-0.15, -0.1) is 0 Å². The van der Waals surface area contributed by atoms with E-state index in [0.29, 0.717) is 0 Å². The second kappa shape index (κ2) is 4.77. The van der Waals surface area contributed by atoms with E-state index in [1.807, 2.05) is 12.1 Å². The molecule has 0 aliphatic carbocycles. The third kappa shape index (κ3) is 3.49. The lowest BCUT2D eigenvalue weighted by molar-refractivity contribution is 0.0178. The van der Waals surface area contributed by atoms with Crippen molar-refractivity contribution >= 4 is 15.9 Å². The SMILES string of the molecule is CC(C)O[C@H](C)c1ccc(Br)cc1. The number of ether oxygens (including phenoxy) is 1. The van der Waals surface area contributed by atoms with Gasteiger partial charge in [-0.3, -0.25) is 0 Å². The van der Waals surface area contributed by atoms with Crippen LogP contribution in [0.2, 0.25) is 0 Å². The molecule has 0 radical (unpaired) electrons. The molecule has 0 aromatic heterocycles. The fourth-order valence-corrected chi connectivity index (χ4v) is 1.48. The first-order chi connectivity index (χ1) is 6.09. The zero-order valence-electron chi connectivity index (χ0n) is 8.25. The van der Waals surface area contributed by atoms with Crippen LogP contribution in [0.15, 0.2) is 28.7 Å². The fraction of sp³-hybridized carbons (Fsp3) is 0.455. The van der Waals surface area contributed by atoms with Crippen molar-refractivity contribution in [3.8, 4) is 0 Å². The highest BCUT2D eigenvalue weighted by atomic mass is 79.9. The molecule has 1 aromatic rings. The average Bonchev–Trinajstić information content (AvgIpc) is 2.04. The molecule has 0 saturated heterocycles. The molecule has 0 saturated carbocycles. The molecule has 1 rings (SSSR count). The van der Waals surface area contributed by atoms with Crippen molar-refractivity contribution in [3.05, 3.63) is 34.3 Å². The first kappa shape index (κ1) is 10.7. The first-order valence-corrected chi connectivity index (χ1v) is 5.30. The number of hydrogen-bond donors (Lipinski definition) is 0. The third-order valence-corrected chi connectivity index (χ3v) is 2.34. The predicted molar refractivity (Wildman–Crippen MR) is 58.8 cm³/mol. The maximum atomic E-state index is 5.66. The molecule has 0 N–H and O–H groups in total. The first-order valence-electron chi connectivity index (χ1n) is 4.50. The molecular formula is C11H15BrO. The Balaban J connectivity index is 2.66. The number of benzene rings is 1. The summed E-state index contributed by atoms with van der Waals surface area (Å²) >= 11 is 3.40. The summed E-state index contributed by atoms with van der Waals surface area (Å²) in [5, 5.41) is 0. The van der Waals surface area contributed by atoms with Gasteiger partial charge in [-0.2, -0.15) is 0 Å². The molecule has 0 aliphatic heterocycles. The third-order valence-electron chi connectivity index (χ3n) is 1.82. The minimum Gasteiger partial charge on any atom is -0.371 e. The van der Waals surface area contributed by atoms with Crippen LogP contribution in [0.25, 0.3) is 0 Å². The maximum absolute atomic E-state index is 5.66. The van der Waals surface area contributed by atoms with Crippen LogP contribution in [-0.4, -0.2) is 6.10 Å². The van der Waals surface area contributed by atoms with E-state index < -0.39 is 0 Å². The van der Waals surface area contributed by atoms with Gasteiger partial charge >= 0.3 is 0 Å². The van der Waals surface area contributed by atoms with Gasteiger partial charge in [0, 0.05) is 4.47 Å². The van der Waals surface area contributed by atoms with Gasteiger partial charge in [-0.25, -0.2) is 0 Å². The summed E-state index contributed by atoms with van der Waals surface area (Å²) in [5.41, 5.74) is 1.22. The smallest absolute Gasteiger partial charge is 0.0800 e. The summed E-state index contributed by atoms with van der Waals surface area (Å²) in [4.78, 5) is 0. The maximum Gasteiger partial charge on any atom is 0.0800 e. The minimum atomic E-state index is 0.174. The Morgan fingerprint density at radius 2 is 1.62 bits per heavy atom. The van der Waals surface area contributed by atoms with Crippen LogP contribution in [-0.2, 0) is 4.74 Å². The Kier molecular flexibility index (Phi) is 3.94. The van der Waals surface area contributed by atoms with E-state index in [2.05, 4.69) is 48.8 Å². The summed E-state index contributed by atoms with van der Waals surface area (Å²) in [6, 6.07) is 8.24. The fourth-order valence-electron chi connectivity index (χ4n) is 1.22. The monoisotopic (exact) mass is 242 g/mol. The van der Waals surface area contributed by atoms with Crippen LogP contribution in [0.4, 0.5) is 0 Å². The van der Waals surface area contributed by atoms with Crippen molar-refractivity contribution in [1.82, 2.24) is 0 Å². The van der Waals surface area contributed by atoms with Crippen molar-refractivity contribution in [2.45, 2.75) is 33.0 Å². The summed E-state index contributed by atoms with van der Waals surface area (Å²) in [5.74, 6) is 0. The Labute approximate surface area is 88.2 Å². The summed E-state index contributed by atoms with van der Waals surface area (Å²) in [7, 11) is 0. The van der Waals surface area contributed by atoms with E-state index in [0.717, 1.165) is 4.47 Å². The second-order valence-electron chi connectivity index (χ2n) is 3.38. The second-order valence-corrected chi connectivity index (χ2v) is 4.29. The Morgan fingerprint density at radius 3 is 2.08 bits per heavy atom. The van der Waals surface area contributed by atoms with Gasteiger partial charge in [0.25, 0.3) is 0 Å². The lowest BCUT2D eigenvalue weighted by Crippen LogP contribution is -2.07. The van der Waals surface area contributed by atoms with E-state index in [1.54, 1.807) is 0 Å². The molecule has 0 spiro atoms. The molecule has 0 amide bonds. The van der Waals surface area contributed by atoms with Crippen LogP contribution in [0.3, 0.4) is 0 Å². The number of rotatable bonds is 3. The van der Waals surface area contributed by atoms with Gasteiger partial charge in [0.2, 0.25) is 0 Å². The van der Waals surface area contributed by atoms with E-state index in [-0.39, 0.29) is 12.2 Å². The lowest BCUT2D eigenvalue weighted by Gasteiger charge is -2.16. The molecule has 1 atom stereocenters. The van der Waals surface area contributed by atoms with Crippen LogP contribution in [0.1, 0.15) is 32.4 Å². The van der Waals surface area contributed by atoms with Gasteiger partial charge in [0.05, 0.1) is 12.2 Å². The van der Waals surface area contributed by atoms with E-state index in [9.17, 15) is 0 Å². The van der Waals surface area contributed by atoms with Gasteiger partial charge in [0.1, 0.15) is 0 Å². The van der Waals surface area contributed by atoms with Crippen molar-refractivity contribution in [2.24, 2.45) is 0 Å². The van der Waals surface area contributed by atoms with Crippen molar-refractivity contribution in [3.63, 3.8) is 0 Å². The predicted octanol–water partition coefficient (Wildman–Crippen LogP) is 3.94. The molecule has 0 heterocycles. The highest BCUT2D eigenvalue weighted by molar-refractivity contribution is 9.10. The molecule has 2 heteroatoms. The topological polar surface area (TPSA) is 9.23 Å².